The van der Waals surface area contributed by atoms with Gasteiger partial charge >= 0.3 is 12.3 Å². The second kappa shape index (κ2) is 12.2. The first-order valence-electron chi connectivity index (χ1n) is 12.5. The zero-order valence-corrected chi connectivity index (χ0v) is 23.1. The van der Waals surface area contributed by atoms with Crippen LogP contribution in [-0.4, -0.2) is 45.5 Å². The molecule has 2 N–H and O–H groups in total. The van der Waals surface area contributed by atoms with Gasteiger partial charge in [-0.25, -0.2) is 9.67 Å². The van der Waals surface area contributed by atoms with Gasteiger partial charge in [0, 0.05) is 17.5 Å². The molecule has 1 aliphatic carbocycles. The number of aryl methyl sites for hydroxylation is 1. The highest BCUT2D eigenvalue weighted by Gasteiger charge is 2.61. The number of halogens is 5. The van der Waals surface area contributed by atoms with Gasteiger partial charge in [-0.3, -0.25) is 5.43 Å². The zero-order chi connectivity index (χ0) is 29.8. The summed E-state index contributed by atoms with van der Waals surface area (Å²) in [5.74, 6) is 0.805. The highest BCUT2D eigenvalue weighted by atomic mass is 32.1. The number of hydrogen-bond acceptors (Lipinski definition) is 6. The van der Waals surface area contributed by atoms with Gasteiger partial charge in [0.05, 0.1) is 12.8 Å². The second-order valence-corrected chi connectivity index (χ2v) is 9.72. The largest absolute Gasteiger partial charge is 0.499 e. The predicted octanol–water partition coefficient (Wildman–Crippen LogP) is 6.58. The average Bonchev–Trinajstić information content (AvgIpc) is 3.41. The molecule has 0 spiro atoms. The number of hydrogen-bond donors (Lipinski definition) is 2. The molecule has 218 valence electrons. The van der Waals surface area contributed by atoms with Gasteiger partial charge in [-0.2, -0.15) is 27.1 Å². The van der Waals surface area contributed by atoms with Crippen LogP contribution in [0.3, 0.4) is 0 Å². The normalized spacial score (nSPS) is 15.9. The molecule has 0 aliphatic heterocycles. The number of ether oxygens (including phenoxy) is 2. The third-order valence-electron chi connectivity index (χ3n) is 6.44. The molecule has 2 aromatic carbocycles. The van der Waals surface area contributed by atoms with Crippen molar-refractivity contribution in [3.05, 3.63) is 65.8 Å². The first-order chi connectivity index (χ1) is 19.4. The summed E-state index contributed by atoms with van der Waals surface area (Å²) in [6.45, 7) is 3.92. The molecule has 0 bridgehead atoms. The van der Waals surface area contributed by atoms with E-state index in [2.05, 4.69) is 30.7 Å². The standard InChI is InChI=1S/C27H27F5N6O2S/c1-16-4-13-22(39-3)17(2)23(16)35-25(41)36-34-14-18-5-7-19(8-6-18)24-33-15-38(37-24)20-9-11-21(12-10-20)40-27(31,32)26(28,29)30/h4,7,9-15,18H,5-6,8H2,1-3H3,(H2,35,36,41)/b34-14+. The molecule has 0 saturated carbocycles. The molecule has 1 unspecified atom stereocenters. The highest BCUT2D eigenvalue weighted by Crippen LogP contribution is 2.37. The fourth-order valence-corrected chi connectivity index (χ4v) is 4.34. The molecule has 1 aliphatic rings. The molecule has 14 heteroatoms. The Morgan fingerprint density at radius 1 is 1.12 bits per heavy atom. The van der Waals surface area contributed by atoms with Crippen molar-refractivity contribution in [2.24, 2.45) is 11.0 Å². The minimum atomic E-state index is -5.82. The van der Waals surface area contributed by atoms with Crippen LogP contribution in [0.1, 0.15) is 36.2 Å². The number of rotatable bonds is 8. The Labute approximate surface area is 238 Å². The maximum atomic E-state index is 13.1. The first kappa shape index (κ1) is 29.9. The summed E-state index contributed by atoms with van der Waals surface area (Å²) < 4.78 is 73.9. The Hall–Kier alpha value is -4.07. The SMILES string of the molecule is COc1ccc(C)c(NC(=S)N/N=C/C2CC=C(c3ncn(-c4ccc(OC(F)(F)C(F)(F)F)cc4)n3)CC2)c1C. The van der Waals surface area contributed by atoms with Crippen molar-refractivity contribution in [3.8, 4) is 17.2 Å². The van der Waals surface area contributed by atoms with E-state index in [4.69, 9.17) is 17.0 Å². The number of benzene rings is 2. The van der Waals surface area contributed by atoms with Crippen molar-refractivity contribution in [2.45, 2.75) is 45.4 Å². The van der Waals surface area contributed by atoms with Crippen molar-refractivity contribution in [1.82, 2.24) is 20.2 Å². The van der Waals surface area contributed by atoms with E-state index >= 15 is 0 Å². The Kier molecular flexibility index (Phi) is 8.90. The summed E-state index contributed by atoms with van der Waals surface area (Å²) in [7, 11) is 1.61. The molecule has 8 nitrogen and oxygen atoms in total. The number of nitrogens with one attached hydrogen (secondary N) is 2. The first-order valence-corrected chi connectivity index (χ1v) is 12.9. The molecule has 0 saturated heterocycles. The summed E-state index contributed by atoms with van der Waals surface area (Å²) in [6.07, 6.45) is -3.62. The molecule has 1 heterocycles. The number of nitrogens with zero attached hydrogens (tertiary/aromatic N) is 4. The molecular weight excluding hydrogens is 567 g/mol. The van der Waals surface area contributed by atoms with Crippen LogP contribution in [0.2, 0.25) is 0 Å². The van der Waals surface area contributed by atoms with Crippen LogP contribution in [0.15, 0.2) is 53.9 Å². The van der Waals surface area contributed by atoms with Gasteiger partial charge in [0.15, 0.2) is 10.9 Å². The average molecular weight is 595 g/mol. The third-order valence-corrected chi connectivity index (χ3v) is 6.63. The number of methoxy groups -OCH3 is 1. The minimum absolute atomic E-state index is 0.179. The van der Waals surface area contributed by atoms with Crippen molar-refractivity contribution < 1.29 is 31.4 Å². The van der Waals surface area contributed by atoms with E-state index in [1.165, 1.54) is 23.1 Å². The number of hydrazone groups is 1. The summed E-state index contributed by atoms with van der Waals surface area (Å²) in [4.78, 5) is 4.31. The van der Waals surface area contributed by atoms with Crippen molar-refractivity contribution in [3.63, 3.8) is 0 Å². The van der Waals surface area contributed by atoms with Gasteiger partial charge < -0.3 is 14.8 Å². The third kappa shape index (κ3) is 7.17. The number of alkyl halides is 5. The Bertz CT molecular complexity index is 1450. The number of anilines is 1. The lowest BCUT2D eigenvalue weighted by atomic mass is 9.90. The van der Waals surface area contributed by atoms with Gasteiger partial charge in [0.25, 0.3) is 0 Å². The molecule has 41 heavy (non-hydrogen) atoms. The topological polar surface area (TPSA) is 85.6 Å². The highest BCUT2D eigenvalue weighted by molar-refractivity contribution is 7.80. The van der Waals surface area contributed by atoms with E-state index in [1.54, 1.807) is 7.11 Å². The monoisotopic (exact) mass is 594 g/mol. The lowest BCUT2D eigenvalue weighted by molar-refractivity contribution is -0.360. The quantitative estimate of drug-likeness (QED) is 0.132. The van der Waals surface area contributed by atoms with Crippen LogP contribution >= 0.6 is 12.2 Å². The molecule has 0 fully saturated rings. The fraction of sp³-hybridized carbons (Fsp3) is 0.333. The molecule has 4 rings (SSSR count). The van der Waals surface area contributed by atoms with E-state index < -0.39 is 18.0 Å². The van der Waals surface area contributed by atoms with Crippen LogP contribution in [0.5, 0.6) is 11.5 Å². The maximum absolute atomic E-state index is 13.1. The van der Waals surface area contributed by atoms with Gasteiger partial charge in [0.1, 0.15) is 17.8 Å². The molecule has 1 atom stereocenters. The van der Waals surface area contributed by atoms with Gasteiger partial charge in [-0.15, -0.1) is 5.10 Å². The van der Waals surface area contributed by atoms with Gasteiger partial charge in [-0.05, 0) is 92.7 Å². The van der Waals surface area contributed by atoms with E-state index in [0.717, 1.165) is 46.7 Å². The molecule has 0 radical (unpaired) electrons. The van der Waals surface area contributed by atoms with Crippen molar-refractivity contribution in [1.29, 1.82) is 0 Å². The lowest BCUT2D eigenvalue weighted by Crippen LogP contribution is -2.41. The Balaban J connectivity index is 1.30. The lowest BCUT2D eigenvalue weighted by Gasteiger charge is -2.20. The van der Waals surface area contributed by atoms with Crippen molar-refractivity contribution in [2.75, 3.05) is 12.4 Å². The van der Waals surface area contributed by atoms with E-state index in [1.807, 2.05) is 38.3 Å². The molecule has 3 aromatic rings. The van der Waals surface area contributed by atoms with Crippen LogP contribution in [0, 0.1) is 19.8 Å². The molecule has 1 aromatic heterocycles. The zero-order valence-electron chi connectivity index (χ0n) is 22.3. The second-order valence-electron chi connectivity index (χ2n) is 9.32. The van der Waals surface area contributed by atoms with Crippen LogP contribution in [-0.2, 0) is 0 Å². The van der Waals surface area contributed by atoms with Gasteiger partial charge in [-0.1, -0.05) is 12.1 Å². The van der Waals surface area contributed by atoms with E-state index in [0.29, 0.717) is 29.5 Å². The van der Waals surface area contributed by atoms with Crippen LogP contribution in [0.4, 0.5) is 27.6 Å². The summed E-state index contributed by atoms with van der Waals surface area (Å²) in [6, 6.07) is 8.49. The Morgan fingerprint density at radius 3 is 2.49 bits per heavy atom. The summed E-state index contributed by atoms with van der Waals surface area (Å²) in [5, 5.41) is 12.2. The number of allylic oxidation sites excluding steroid dienone is 2. The van der Waals surface area contributed by atoms with Gasteiger partial charge in [0.2, 0.25) is 0 Å². The summed E-state index contributed by atoms with van der Waals surface area (Å²) in [5.41, 5.74) is 7.04. The number of aromatic nitrogens is 3. The molecule has 0 amide bonds. The summed E-state index contributed by atoms with van der Waals surface area (Å²) >= 11 is 5.38. The van der Waals surface area contributed by atoms with Crippen molar-refractivity contribution >= 4 is 34.8 Å². The maximum Gasteiger partial charge on any atom is 0.499 e. The minimum Gasteiger partial charge on any atom is -0.496 e. The van der Waals surface area contributed by atoms with Crippen LogP contribution < -0.4 is 20.2 Å². The smallest absolute Gasteiger partial charge is 0.496 e. The predicted molar refractivity (Wildman–Crippen MR) is 149 cm³/mol. The van der Waals surface area contributed by atoms with Crippen LogP contribution in [0.25, 0.3) is 11.3 Å². The Morgan fingerprint density at radius 2 is 1.85 bits per heavy atom. The fourth-order valence-electron chi connectivity index (χ4n) is 4.18. The van der Waals surface area contributed by atoms with E-state index in [-0.39, 0.29) is 5.92 Å². The number of thiocarbonyl (C=S) groups is 1. The molecular formula is C27H27F5N6O2S. The van der Waals surface area contributed by atoms with E-state index in [9.17, 15) is 22.0 Å².